The number of hydrogen-bond acceptors (Lipinski definition) is 0. The lowest BCUT2D eigenvalue weighted by Crippen LogP contribution is -2.31. The van der Waals surface area contributed by atoms with Gasteiger partial charge in [0.15, 0.2) is 12.4 Å². The first-order valence-corrected chi connectivity index (χ1v) is 4.93. The van der Waals surface area contributed by atoms with Crippen molar-refractivity contribution in [2.75, 3.05) is 0 Å². The first kappa shape index (κ1) is 9.48. The average Bonchev–Trinajstić information content (AvgIpc) is 2.32. The summed E-state index contributed by atoms with van der Waals surface area (Å²) in [5.74, 6) is 6.25. The molecular formula is C14H12N+. The molecule has 1 aromatic carbocycles. The van der Waals surface area contributed by atoms with E-state index >= 15 is 0 Å². The first-order valence-electron chi connectivity index (χ1n) is 4.93. The van der Waals surface area contributed by atoms with Crippen molar-refractivity contribution in [2.45, 2.75) is 6.54 Å². The Kier molecular flexibility index (Phi) is 3.14. The van der Waals surface area contributed by atoms with Gasteiger partial charge in [-0.15, -0.1) is 0 Å². The molecule has 0 saturated carbocycles. The molecule has 1 heteroatoms. The predicted molar refractivity (Wildman–Crippen MR) is 60.0 cm³/mol. The molecule has 0 spiro atoms. The Balaban J connectivity index is 2.03. The van der Waals surface area contributed by atoms with Crippen molar-refractivity contribution in [3.05, 3.63) is 66.5 Å². The third-order valence-electron chi connectivity index (χ3n) is 2.05. The average molecular weight is 194 g/mol. The van der Waals surface area contributed by atoms with E-state index in [-0.39, 0.29) is 0 Å². The van der Waals surface area contributed by atoms with Gasteiger partial charge in [0.05, 0.1) is 0 Å². The van der Waals surface area contributed by atoms with Crippen molar-refractivity contribution in [3.63, 3.8) is 0 Å². The number of aromatic nitrogens is 1. The van der Waals surface area contributed by atoms with E-state index in [4.69, 9.17) is 0 Å². The second kappa shape index (κ2) is 4.97. The summed E-state index contributed by atoms with van der Waals surface area (Å²) < 4.78 is 2.05. The van der Waals surface area contributed by atoms with Crippen LogP contribution in [0.25, 0.3) is 0 Å². The van der Waals surface area contributed by atoms with Crippen LogP contribution in [0.1, 0.15) is 5.56 Å². The second-order valence-corrected chi connectivity index (χ2v) is 3.22. The van der Waals surface area contributed by atoms with Gasteiger partial charge in [-0.25, -0.2) is 0 Å². The lowest BCUT2D eigenvalue weighted by atomic mass is 10.2. The topological polar surface area (TPSA) is 3.88 Å². The van der Waals surface area contributed by atoms with Crippen molar-refractivity contribution in [1.29, 1.82) is 0 Å². The molecule has 0 radical (unpaired) electrons. The molecule has 72 valence electrons. The van der Waals surface area contributed by atoms with Crippen LogP contribution < -0.4 is 4.57 Å². The highest BCUT2D eigenvalue weighted by atomic mass is 14.9. The van der Waals surface area contributed by atoms with Crippen LogP contribution in [0.5, 0.6) is 0 Å². The van der Waals surface area contributed by atoms with E-state index in [1.54, 1.807) is 0 Å². The van der Waals surface area contributed by atoms with Crippen LogP contribution in [0.15, 0.2) is 60.9 Å². The maximum Gasteiger partial charge on any atom is 0.209 e. The maximum atomic E-state index is 3.13. The van der Waals surface area contributed by atoms with Crippen LogP contribution in [-0.2, 0) is 6.54 Å². The van der Waals surface area contributed by atoms with Crippen LogP contribution in [0, 0.1) is 11.8 Å². The monoisotopic (exact) mass is 194 g/mol. The van der Waals surface area contributed by atoms with Gasteiger partial charge in [-0.05, 0) is 18.1 Å². The number of benzene rings is 1. The van der Waals surface area contributed by atoms with Crippen LogP contribution in [0.2, 0.25) is 0 Å². The molecule has 0 atom stereocenters. The van der Waals surface area contributed by atoms with E-state index in [1.165, 1.54) is 0 Å². The van der Waals surface area contributed by atoms with Crippen molar-refractivity contribution in [1.82, 2.24) is 0 Å². The molecule has 2 rings (SSSR count). The molecule has 0 saturated heterocycles. The second-order valence-electron chi connectivity index (χ2n) is 3.22. The van der Waals surface area contributed by atoms with E-state index in [0.717, 1.165) is 12.1 Å². The number of rotatable bonds is 1. The zero-order valence-electron chi connectivity index (χ0n) is 8.43. The molecule has 1 heterocycles. The van der Waals surface area contributed by atoms with E-state index in [1.807, 2.05) is 60.9 Å². The summed E-state index contributed by atoms with van der Waals surface area (Å²) in [6, 6.07) is 16.0. The van der Waals surface area contributed by atoms with Crippen molar-refractivity contribution >= 4 is 0 Å². The molecule has 0 aliphatic carbocycles. The molecule has 0 fully saturated rings. The molecule has 1 nitrogen and oxygen atoms in total. The largest absolute Gasteiger partial charge is 0.209 e. The highest BCUT2D eigenvalue weighted by Gasteiger charge is 1.91. The first-order chi connectivity index (χ1) is 7.45. The Labute approximate surface area is 90.0 Å². The third-order valence-corrected chi connectivity index (χ3v) is 2.05. The Bertz CT molecular complexity index is 463. The molecule has 15 heavy (non-hydrogen) atoms. The standard InChI is InChI=1S/C14H12N/c1-3-8-14(9-4-1)10-7-13-15-11-5-2-6-12-15/h1-6,8-9,11-12H,13H2/q+1. The summed E-state index contributed by atoms with van der Waals surface area (Å²) in [4.78, 5) is 0. The van der Waals surface area contributed by atoms with Gasteiger partial charge in [0.2, 0.25) is 6.54 Å². The lowest BCUT2D eigenvalue weighted by molar-refractivity contribution is -0.684. The summed E-state index contributed by atoms with van der Waals surface area (Å²) in [6.45, 7) is 0.732. The van der Waals surface area contributed by atoms with Gasteiger partial charge in [0.25, 0.3) is 0 Å². The number of pyridine rings is 1. The molecular weight excluding hydrogens is 182 g/mol. The van der Waals surface area contributed by atoms with Crippen molar-refractivity contribution in [3.8, 4) is 11.8 Å². The molecule has 0 unspecified atom stereocenters. The Hall–Kier alpha value is -2.07. The van der Waals surface area contributed by atoms with Gasteiger partial charge in [0, 0.05) is 17.7 Å². The molecule has 0 aliphatic rings. The molecule has 0 N–H and O–H groups in total. The third kappa shape index (κ3) is 2.96. The number of nitrogens with zero attached hydrogens (tertiary/aromatic N) is 1. The molecule has 2 aromatic rings. The Morgan fingerprint density at radius 3 is 2.27 bits per heavy atom. The van der Waals surface area contributed by atoms with Crippen LogP contribution >= 0.6 is 0 Å². The zero-order chi connectivity index (χ0) is 10.3. The van der Waals surface area contributed by atoms with Crippen molar-refractivity contribution in [2.24, 2.45) is 0 Å². The van der Waals surface area contributed by atoms with Gasteiger partial charge >= 0.3 is 0 Å². The minimum atomic E-state index is 0.732. The van der Waals surface area contributed by atoms with Gasteiger partial charge in [0.1, 0.15) is 0 Å². The molecule has 0 aliphatic heterocycles. The normalized spacial score (nSPS) is 9.07. The highest BCUT2D eigenvalue weighted by molar-refractivity contribution is 5.33. The molecule has 0 amide bonds. The SMILES string of the molecule is C(#Cc1ccccc1)C[n+]1ccccc1. The summed E-state index contributed by atoms with van der Waals surface area (Å²) in [7, 11) is 0. The summed E-state index contributed by atoms with van der Waals surface area (Å²) in [5.41, 5.74) is 1.06. The summed E-state index contributed by atoms with van der Waals surface area (Å²) >= 11 is 0. The molecule has 0 bridgehead atoms. The van der Waals surface area contributed by atoms with E-state index in [9.17, 15) is 0 Å². The van der Waals surface area contributed by atoms with Crippen molar-refractivity contribution < 1.29 is 4.57 Å². The lowest BCUT2D eigenvalue weighted by Gasteiger charge is -1.88. The minimum absolute atomic E-state index is 0.732. The zero-order valence-corrected chi connectivity index (χ0v) is 8.43. The fourth-order valence-electron chi connectivity index (χ4n) is 1.29. The fourth-order valence-corrected chi connectivity index (χ4v) is 1.29. The van der Waals surface area contributed by atoms with Gasteiger partial charge < -0.3 is 0 Å². The van der Waals surface area contributed by atoms with E-state index in [2.05, 4.69) is 16.4 Å². The molecule has 1 aromatic heterocycles. The summed E-state index contributed by atoms with van der Waals surface area (Å²) in [5, 5.41) is 0. The predicted octanol–water partition coefficient (Wildman–Crippen LogP) is 2.03. The maximum absolute atomic E-state index is 3.13. The Morgan fingerprint density at radius 2 is 1.53 bits per heavy atom. The quantitative estimate of drug-likeness (QED) is 0.483. The van der Waals surface area contributed by atoms with E-state index < -0.39 is 0 Å². The number of hydrogen-bond donors (Lipinski definition) is 0. The fraction of sp³-hybridized carbons (Fsp3) is 0.0714. The van der Waals surface area contributed by atoms with Gasteiger partial charge in [-0.3, -0.25) is 0 Å². The Morgan fingerprint density at radius 1 is 0.867 bits per heavy atom. The van der Waals surface area contributed by atoms with Gasteiger partial charge in [-0.1, -0.05) is 30.2 Å². The van der Waals surface area contributed by atoms with Crippen LogP contribution in [0.4, 0.5) is 0 Å². The van der Waals surface area contributed by atoms with Crippen LogP contribution in [-0.4, -0.2) is 0 Å². The minimum Gasteiger partial charge on any atom is -0.194 e. The smallest absolute Gasteiger partial charge is 0.194 e. The van der Waals surface area contributed by atoms with Crippen LogP contribution in [0.3, 0.4) is 0 Å². The highest BCUT2D eigenvalue weighted by Crippen LogP contribution is 1.94. The summed E-state index contributed by atoms with van der Waals surface area (Å²) in [6.07, 6.45) is 4.03. The van der Waals surface area contributed by atoms with E-state index in [0.29, 0.717) is 0 Å². The van der Waals surface area contributed by atoms with Gasteiger partial charge in [-0.2, -0.15) is 4.57 Å².